The average Bonchev–Trinajstić information content (AvgIpc) is 2.40. The lowest BCUT2D eigenvalue weighted by molar-refractivity contribution is 0.0471. The third-order valence-corrected chi connectivity index (χ3v) is 4.12. The number of rotatable bonds is 1. The minimum Gasteiger partial charge on any atom is -0.497 e. The predicted molar refractivity (Wildman–Crippen MR) is 66.4 cm³/mol. The predicted octanol–water partition coefficient (Wildman–Crippen LogP) is 1.85. The van der Waals surface area contributed by atoms with Crippen molar-refractivity contribution in [1.82, 2.24) is 5.32 Å². The lowest BCUT2D eigenvalue weighted by Gasteiger charge is -2.42. The molecule has 1 N–H and O–H groups in total. The van der Waals surface area contributed by atoms with Crippen LogP contribution in [-0.2, 0) is 16.7 Å². The van der Waals surface area contributed by atoms with Crippen molar-refractivity contribution in [3.63, 3.8) is 0 Å². The molecule has 3 heteroatoms. The van der Waals surface area contributed by atoms with E-state index in [-0.39, 0.29) is 5.41 Å². The van der Waals surface area contributed by atoms with E-state index in [9.17, 15) is 0 Å². The molecule has 17 heavy (non-hydrogen) atoms. The molecule has 2 heterocycles. The van der Waals surface area contributed by atoms with Gasteiger partial charge in [0.2, 0.25) is 0 Å². The number of benzene rings is 1. The second-order valence-electron chi connectivity index (χ2n) is 5.02. The lowest BCUT2D eigenvalue weighted by atomic mass is 9.70. The molecule has 0 radical (unpaired) electrons. The Morgan fingerprint density at radius 1 is 1.29 bits per heavy atom. The summed E-state index contributed by atoms with van der Waals surface area (Å²) in [4.78, 5) is 0. The van der Waals surface area contributed by atoms with Gasteiger partial charge in [-0.15, -0.1) is 0 Å². The summed E-state index contributed by atoms with van der Waals surface area (Å²) < 4.78 is 10.9. The van der Waals surface area contributed by atoms with Gasteiger partial charge in [-0.25, -0.2) is 0 Å². The van der Waals surface area contributed by atoms with Gasteiger partial charge >= 0.3 is 0 Å². The van der Waals surface area contributed by atoms with Crippen LogP contribution in [-0.4, -0.2) is 26.9 Å². The standard InChI is InChI=1S/C14H19NO2/c1-16-12-3-2-11-9-15-10-14(13(11)8-12)4-6-17-7-5-14/h2-3,8,15H,4-7,9-10H2,1H3. The maximum absolute atomic E-state index is 5.51. The minimum atomic E-state index is 0.264. The van der Waals surface area contributed by atoms with Crippen molar-refractivity contribution in [3.05, 3.63) is 29.3 Å². The smallest absolute Gasteiger partial charge is 0.119 e. The van der Waals surface area contributed by atoms with Crippen LogP contribution < -0.4 is 10.1 Å². The molecule has 1 spiro atoms. The first-order chi connectivity index (χ1) is 8.34. The van der Waals surface area contributed by atoms with Crippen molar-refractivity contribution < 1.29 is 9.47 Å². The third kappa shape index (κ3) is 1.83. The molecule has 3 nitrogen and oxygen atoms in total. The SMILES string of the molecule is COc1ccc2c(c1)C1(CCOCC1)CNC2. The zero-order valence-corrected chi connectivity index (χ0v) is 10.3. The molecule has 2 aliphatic heterocycles. The summed E-state index contributed by atoms with van der Waals surface area (Å²) in [6.45, 7) is 3.79. The van der Waals surface area contributed by atoms with Gasteiger partial charge in [0.25, 0.3) is 0 Å². The Labute approximate surface area is 102 Å². The van der Waals surface area contributed by atoms with Gasteiger partial charge < -0.3 is 14.8 Å². The van der Waals surface area contributed by atoms with Gasteiger partial charge in [0.05, 0.1) is 7.11 Å². The van der Waals surface area contributed by atoms with E-state index in [2.05, 4.69) is 23.5 Å². The highest BCUT2D eigenvalue weighted by atomic mass is 16.5. The summed E-state index contributed by atoms with van der Waals surface area (Å²) in [7, 11) is 1.74. The molecule has 0 amide bonds. The molecule has 2 aliphatic rings. The van der Waals surface area contributed by atoms with Crippen molar-refractivity contribution >= 4 is 0 Å². The van der Waals surface area contributed by atoms with Gasteiger partial charge in [0.1, 0.15) is 5.75 Å². The van der Waals surface area contributed by atoms with Crippen molar-refractivity contribution in [3.8, 4) is 5.75 Å². The van der Waals surface area contributed by atoms with Crippen LogP contribution in [0.2, 0.25) is 0 Å². The fourth-order valence-corrected chi connectivity index (χ4v) is 3.07. The summed E-state index contributed by atoms with van der Waals surface area (Å²) in [5.41, 5.74) is 3.15. The Hall–Kier alpha value is -1.06. The monoisotopic (exact) mass is 233 g/mol. The highest BCUT2D eigenvalue weighted by Gasteiger charge is 2.38. The normalized spacial score (nSPS) is 22.2. The van der Waals surface area contributed by atoms with Crippen molar-refractivity contribution in [1.29, 1.82) is 0 Å². The van der Waals surface area contributed by atoms with E-state index in [1.165, 1.54) is 11.1 Å². The van der Waals surface area contributed by atoms with Gasteiger partial charge in [-0.2, -0.15) is 0 Å². The Balaban J connectivity index is 2.04. The fourth-order valence-electron chi connectivity index (χ4n) is 3.07. The largest absolute Gasteiger partial charge is 0.497 e. The minimum absolute atomic E-state index is 0.264. The summed E-state index contributed by atoms with van der Waals surface area (Å²) in [5, 5.41) is 3.54. The maximum atomic E-state index is 5.51. The van der Waals surface area contributed by atoms with E-state index >= 15 is 0 Å². The summed E-state index contributed by atoms with van der Waals surface area (Å²) in [5.74, 6) is 0.969. The van der Waals surface area contributed by atoms with Crippen molar-refractivity contribution in [2.45, 2.75) is 24.8 Å². The topological polar surface area (TPSA) is 30.5 Å². The summed E-state index contributed by atoms with van der Waals surface area (Å²) in [6.07, 6.45) is 2.22. The molecular weight excluding hydrogens is 214 g/mol. The van der Waals surface area contributed by atoms with Crippen LogP contribution in [0.15, 0.2) is 18.2 Å². The van der Waals surface area contributed by atoms with Gasteiger partial charge in [-0.1, -0.05) is 6.07 Å². The Morgan fingerprint density at radius 2 is 2.12 bits per heavy atom. The first kappa shape index (κ1) is 11.1. The van der Waals surface area contributed by atoms with E-state index in [4.69, 9.17) is 9.47 Å². The lowest BCUT2D eigenvalue weighted by Crippen LogP contribution is -2.46. The number of hydrogen-bond donors (Lipinski definition) is 1. The van der Waals surface area contributed by atoms with Crippen LogP contribution in [0.25, 0.3) is 0 Å². The first-order valence-corrected chi connectivity index (χ1v) is 6.30. The highest BCUT2D eigenvalue weighted by molar-refractivity contribution is 5.43. The Kier molecular flexibility index (Phi) is 2.81. The van der Waals surface area contributed by atoms with Crippen molar-refractivity contribution in [2.24, 2.45) is 0 Å². The van der Waals surface area contributed by atoms with E-state index in [1.807, 2.05) is 0 Å². The molecule has 3 rings (SSSR count). The molecule has 92 valence electrons. The van der Waals surface area contributed by atoms with E-state index in [1.54, 1.807) is 7.11 Å². The zero-order valence-electron chi connectivity index (χ0n) is 10.3. The highest BCUT2D eigenvalue weighted by Crippen LogP contribution is 2.40. The number of fused-ring (bicyclic) bond motifs is 2. The molecule has 1 fully saturated rings. The summed E-state index contributed by atoms with van der Waals surface area (Å²) in [6, 6.07) is 6.47. The van der Waals surface area contributed by atoms with Crippen LogP contribution in [0.3, 0.4) is 0 Å². The molecule has 1 aromatic rings. The quantitative estimate of drug-likeness (QED) is 0.803. The Bertz CT molecular complexity index is 411. The molecule has 1 aromatic carbocycles. The molecular formula is C14H19NO2. The molecule has 0 aromatic heterocycles. The zero-order chi connectivity index (χ0) is 11.7. The summed E-state index contributed by atoms with van der Waals surface area (Å²) >= 11 is 0. The Morgan fingerprint density at radius 3 is 2.88 bits per heavy atom. The second-order valence-corrected chi connectivity index (χ2v) is 5.02. The van der Waals surface area contributed by atoms with Crippen molar-refractivity contribution in [2.75, 3.05) is 26.9 Å². The van der Waals surface area contributed by atoms with Gasteiger partial charge in [0, 0.05) is 31.7 Å². The van der Waals surface area contributed by atoms with Crippen LogP contribution in [0.1, 0.15) is 24.0 Å². The number of nitrogens with one attached hydrogen (secondary N) is 1. The van der Waals surface area contributed by atoms with Crippen LogP contribution in [0, 0.1) is 0 Å². The molecule has 0 unspecified atom stereocenters. The second kappa shape index (κ2) is 4.31. The van der Waals surface area contributed by atoms with Gasteiger partial charge in [-0.05, 0) is 36.1 Å². The van der Waals surface area contributed by atoms with Gasteiger partial charge in [-0.3, -0.25) is 0 Å². The number of ether oxygens (including phenoxy) is 2. The molecule has 0 atom stereocenters. The van der Waals surface area contributed by atoms with E-state index in [0.29, 0.717) is 0 Å². The van der Waals surface area contributed by atoms with Crippen LogP contribution >= 0.6 is 0 Å². The molecule has 0 saturated carbocycles. The third-order valence-electron chi connectivity index (χ3n) is 4.12. The van der Waals surface area contributed by atoms with E-state index in [0.717, 1.165) is 44.9 Å². The molecule has 0 aliphatic carbocycles. The van der Waals surface area contributed by atoms with Crippen LogP contribution in [0.4, 0.5) is 0 Å². The number of hydrogen-bond acceptors (Lipinski definition) is 3. The number of methoxy groups -OCH3 is 1. The average molecular weight is 233 g/mol. The molecule has 1 saturated heterocycles. The molecule has 0 bridgehead atoms. The van der Waals surface area contributed by atoms with E-state index < -0.39 is 0 Å². The van der Waals surface area contributed by atoms with Crippen LogP contribution in [0.5, 0.6) is 5.75 Å². The van der Waals surface area contributed by atoms with Gasteiger partial charge in [0.15, 0.2) is 0 Å². The maximum Gasteiger partial charge on any atom is 0.119 e. The fraction of sp³-hybridized carbons (Fsp3) is 0.571. The first-order valence-electron chi connectivity index (χ1n) is 6.30.